The van der Waals surface area contributed by atoms with Crippen molar-refractivity contribution in [2.45, 2.75) is 6.42 Å². The van der Waals surface area contributed by atoms with E-state index in [-0.39, 0.29) is 0 Å². The van der Waals surface area contributed by atoms with E-state index in [0.717, 1.165) is 44.5 Å². The predicted molar refractivity (Wildman–Crippen MR) is 95.3 cm³/mol. The van der Waals surface area contributed by atoms with Gasteiger partial charge in [-0.05, 0) is 41.8 Å². The maximum Gasteiger partial charge on any atom is 0.109 e. The van der Waals surface area contributed by atoms with Gasteiger partial charge in [0.2, 0.25) is 0 Å². The van der Waals surface area contributed by atoms with Crippen LogP contribution in [0.4, 0.5) is 0 Å². The fourth-order valence-electron chi connectivity index (χ4n) is 2.83. The summed E-state index contributed by atoms with van der Waals surface area (Å²) in [6.07, 6.45) is 2.49. The van der Waals surface area contributed by atoms with Gasteiger partial charge >= 0.3 is 0 Å². The van der Waals surface area contributed by atoms with Gasteiger partial charge in [-0.25, -0.2) is 4.98 Å². The largest absolute Gasteiger partial charge is 0.266 e. The Morgan fingerprint density at radius 2 is 1.87 bits per heavy atom. The van der Waals surface area contributed by atoms with E-state index in [1.165, 1.54) is 0 Å². The van der Waals surface area contributed by atoms with Crippen LogP contribution in [-0.4, -0.2) is 14.8 Å². The van der Waals surface area contributed by atoms with Crippen LogP contribution in [0.1, 0.15) is 11.1 Å². The number of aromatic nitrogens is 3. The smallest absolute Gasteiger partial charge is 0.109 e. The molecule has 0 bridgehead atoms. The Morgan fingerprint density at radius 3 is 2.70 bits per heavy atom. The Morgan fingerprint density at radius 1 is 1.04 bits per heavy atom. The van der Waals surface area contributed by atoms with E-state index < -0.39 is 0 Å². The highest BCUT2D eigenvalue weighted by Crippen LogP contribution is 2.29. The first-order valence-corrected chi connectivity index (χ1v) is 8.02. The molecule has 0 saturated heterocycles. The van der Waals surface area contributed by atoms with Gasteiger partial charge in [-0.15, -0.1) is 0 Å². The Labute approximate surface area is 143 Å². The molecule has 0 aliphatic heterocycles. The van der Waals surface area contributed by atoms with E-state index in [1.54, 1.807) is 6.20 Å². The first-order chi connectivity index (χ1) is 11.1. The molecule has 5 heteroatoms. The van der Waals surface area contributed by atoms with Crippen LogP contribution < -0.4 is 0 Å². The molecule has 2 heterocycles. The summed E-state index contributed by atoms with van der Waals surface area (Å²) in [5.41, 5.74) is 4.83. The van der Waals surface area contributed by atoms with Gasteiger partial charge in [0, 0.05) is 17.5 Å². The van der Waals surface area contributed by atoms with E-state index in [0.29, 0.717) is 5.02 Å². The molecule has 0 aliphatic carbocycles. The van der Waals surface area contributed by atoms with Gasteiger partial charge < -0.3 is 0 Å². The third-order valence-corrected chi connectivity index (χ3v) is 4.65. The maximum atomic E-state index is 6.45. The molecular formula is C18H13Cl2N3. The SMILES string of the molecule is Cn1ncc2nc3c(Cl)cc(Cc4ccccc4Cl)cc3cc21. The number of pyridine rings is 1. The molecule has 0 saturated carbocycles. The molecule has 4 rings (SSSR count). The second kappa shape index (κ2) is 5.52. The zero-order valence-corrected chi connectivity index (χ0v) is 13.9. The standard InChI is InChI=1S/C18H13Cl2N3/c1-23-17-9-13-7-11(6-12-4-2-3-5-14(12)19)8-15(20)18(13)22-16(17)10-21-23/h2-5,7-10H,6H2,1H3. The zero-order valence-electron chi connectivity index (χ0n) is 12.4. The van der Waals surface area contributed by atoms with Gasteiger partial charge in [-0.2, -0.15) is 5.10 Å². The minimum Gasteiger partial charge on any atom is -0.266 e. The molecular weight excluding hydrogens is 329 g/mol. The Balaban J connectivity index is 1.87. The predicted octanol–water partition coefficient (Wildman–Crippen LogP) is 5.02. The fraction of sp³-hybridized carbons (Fsp3) is 0.111. The van der Waals surface area contributed by atoms with Gasteiger partial charge in [0.25, 0.3) is 0 Å². The summed E-state index contributed by atoms with van der Waals surface area (Å²) < 4.78 is 1.82. The quantitative estimate of drug-likeness (QED) is 0.512. The monoisotopic (exact) mass is 341 g/mol. The highest BCUT2D eigenvalue weighted by atomic mass is 35.5. The molecule has 0 fully saturated rings. The number of aryl methyl sites for hydroxylation is 1. The number of hydrogen-bond acceptors (Lipinski definition) is 2. The van der Waals surface area contributed by atoms with Gasteiger partial charge in [0.15, 0.2) is 0 Å². The molecule has 0 atom stereocenters. The summed E-state index contributed by atoms with van der Waals surface area (Å²) in [4.78, 5) is 4.62. The van der Waals surface area contributed by atoms with Crippen LogP contribution in [0.2, 0.25) is 10.0 Å². The van der Waals surface area contributed by atoms with Crippen LogP contribution >= 0.6 is 23.2 Å². The highest BCUT2D eigenvalue weighted by molar-refractivity contribution is 6.35. The number of hydrogen-bond donors (Lipinski definition) is 0. The van der Waals surface area contributed by atoms with Crippen molar-refractivity contribution < 1.29 is 0 Å². The molecule has 4 aromatic rings. The maximum absolute atomic E-state index is 6.45. The number of benzene rings is 2. The molecule has 0 radical (unpaired) electrons. The number of nitrogens with zero attached hydrogens (tertiary/aromatic N) is 3. The second-order valence-corrected chi connectivity index (χ2v) is 6.39. The van der Waals surface area contributed by atoms with Crippen molar-refractivity contribution in [1.82, 2.24) is 14.8 Å². The van der Waals surface area contributed by atoms with Crippen molar-refractivity contribution in [2.24, 2.45) is 7.05 Å². The molecule has 2 aromatic carbocycles. The van der Waals surface area contributed by atoms with Gasteiger partial charge in [-0.1, -0.05) is 41.4 Å². The lowest BCUT2D eigenvalue weighted by Gasteiger charge is -2.08. The van der Waals surface area contributed by atoms with Gasteiger partial charge in [0.05, 0.1) is 22.3 Å². The number of fused-ring (bicyclic) bond motifs is 2. The van der Waals surface area contributed by atoms with Crippen molar-refractivity contribution in [3.63, 3.8) is 0 Å². The van der Waals surface area contributed by atoms with Gasteiger partial charge in [0.1, 0.15) is 5.52 Å². The molecule has 0 N–H and O–H groups in total. The van der Waals surface area contributed by atoms with Crippen molar-refractivity contribution in [2.75, 3.05) is 0 Å². The average Bonchev–Trinajstić information content (AvgIpc) is 2.89. The fourth-order valence-corrected chi connectivity index (χ4v) is 3.32. The summed E-state index contributed by atoms with van der Waals surface area (Å²) >= 11 is 12.7. The van der Waals surface area contributed by atoms with Crippen LogP contribution in [0.25, 0.3) is 21.9 Å². The minimum absolute atomic E-state index is 0.648. The van der Waals surface area contributed by atoms with Crippen molar-refractivity contribution >= 4 is 45.1 Å². The van der Waals surface area contributed by atoms with E-state index >= 15 is 0 Å². The minimum atomic E-state index is 0.648. The molecule has 114 valence electrons. The van der Waals surface area contributed by atoms with Crippen molar-refractivity contribution in [1.29, 1.82) is 0 Å². The lowest BCUT2D eigenvalue weighted by molar-refractivity contribution is 0.797. The van der Waals surface area contributed by atoms with E-state index in [1.807, 2.05) is 42.1 Å². The summed E-state index contributed by atoms with van der Waals surface area (Å²) in [7, 11) is 1.91. The molecule has 0 unspecified atom stereocenters. The Bertz CT molecular complexity index is 1040. The molecule has 23 heavy (non-hydrogen) atoms. The molecule has 3 nitrogen and oxygen atoms in total. The summed E-state index contributed by atoms with van der Waals surface area (Å²) in [5, 5.41) is 6.67. The zero-order chi connectivity index (χ0) is 16.0. The summed E-state index contributed by atoms with van der Waals surface area (Å²) in [5.74, 6) is 0. The second-order valence-electron chi connectivity index (χ2n) is 5.58. The molecule has 0 spiro atoms. The van der Waals surface area contributed by atoms with E-state index in [4.69, 9.17) is 23.2 Å². The van der Waals surface area contributed by atoms with Crippen LogP contribution in [0.3, 0.4) is 0 Å². The van der Waals surface area contributed by atoms with Crippen molar-refractivity contribution in [3.8, 4) is 0 Å². The lowest BCUT2D eigenvalue weighted by Crippen LogP contribution is -1.93. The highest BCUT2D eigenvalue weighted by Gasteiger charge is 2.10. The average molecular weight is 342 g/mol. The first-order valence-electron chi connectivity index (χ1n) is 7.26. The summed E-state index contributed by atoms with van der Waals surface area (Å²) in [6.45, 7) is 0. The topological polar surface area (TPSA) is 30.7 Å². The molecule has 0 aliphatic rings. The van der Waals surface area contributed by atoms with Crippen molar-refractivity contribution in [3.05, 3.63) is 69.8 Å². The number of rotatable bonds is 2. The van der Waals surface area contributed by atoms with E-state index in [2.05, 4.69) is 22.2 Å². The Hall–Kier alpha value is -2.10. The first kappa shape index (κ1) is 14.5. The van der Waals surface area contributed by atoms with Crippen LogP contribution in [-0.2, 0) is 13.5 Å². The molecule has 0 amide bonds. The van der Waals surface area contributed by atoms with E-state index in [9.17, 15) is 0 Å². The van der Waals surface area contributed by atoms with Gasteiger partial charge in [-0.3, -0.25) is 4.68 Å². The summed E-state index contributed by atoms with van der Waals surface area (Å²) in [6, 6.07) is 14.0. The van der Waals surface area contributed by atoms with Crippen LogP contribution in [0.15, 0.2) is 48.7 Å². The molecule has 2 aromatic heterocycles. The Kier molecular flexibility index (Phi) is 3.47. The lowest BCUT2D eigenvalue weighted by atomic mass is 10.0. The van der Waals surface area contributed by atoms with Crippen LogP contribution in [0.5, 0.6) is 0 Å². The van der Waals surface area contributed by atoms with Crippen LogP contribution in [0, 0.1) is 0 Å². The number of halogens is 2. The third-order valence-electron chi connectivity index (χ3n) is 3.99. The third kappa shape index (κ3) is 2.56. The normalized spacial score (nSPS) is 11.4.